The van der Waals surface area contributed by atoms with Crippen molar-refractivity contribution < 1.29 is 9.53 Å². The fraction of sp³-hybridized carbons (Fsp3) is 0.316. The first-order valence-corrected chi connectivity index (χ1v) is 8.59. The molecule has 132 valence electrons. The lowest BCUT2D eigenvalue weighted by molar-refractivity contribution is -0.119. The molecule has 0 aliphatic carbocycles. The van der Waals surface area contributed by atoms with Gasteiger partial charge < -0.3 is 10.1 Å². The van der Waals surface area contributed by atoms with Gasteiger partial charge in [0.15, 0.2) is 0 Å². The fourth-order valence-corrected chi connectivity index (χ4v) is 2.47. The van der Waals surface area contributed by atoms with Crippen molar-refractivity contribution in [3.63, 3.8) is 0 Å². The zero-order valence-corrected chi connectivity index (χ0v) is 15.4. The Morgan fingerprint density at radius 1 is 1.36 bits per heavy atom. The van der Waals surface area contributed by atoms with Crippen LogP contribution in [0.3, 0.4) is 0 Å². The smallest absolute Gasteiger partial charge is 0.219 e. The van der Waals surface area contributed by atoms with Crippen LogP contribution >= 0.6 is 11.6 Å². The molecule has 5 nitrogen and oxygen atoms in total. The van der Waals surface area contributed by atoms with Crippen LogP contribution in [0.4, 0.5) is 0 Å². The van der Waals surface area contributed by atoms with Gasteiger partial charge in [-0.25, -0.2) is 4.98 Å². The van der Waals surface area contributed by atoms with Crippen molar-refractivity contribution in [2.75, 3.05) is 0 Å². The monoisotopic (exact) mass is 359 g/mol. The molecule has 0 saturated carbocycles. The molecule has 0 aliphatic heterocycles. The van der Waals surface area contributed by atoms with E-state index in [0.717, 1.165) is 24.1 Å². The first-order chi connectivity index (χ1) is 12.0. The number of pyridine rings is 2. The average molecular weight is 360 g/mol. The minimum atomic E-state index is -0.0590. The molecule has 2 aromatic rings. The van der Waals surface area contributed by atoms with Crippen LogP contribution in [0.5, 0.6) is 11.6 Å². The number of hydrogen-bond acceptors (Lipinski definition) is 4. The number of aryl methyl sites for hydroxylation is 1. The molecule has 2 aromatic heterocycles. The largest absolute Gasteiger partial charge is 0.437 e. The van der Waals surface area contributed by atoms with Crippen LogP contribution in [0.15, 0.2) is 36.7 Å². The van der Waals surface area contributed by atoms with Gasteiger partial charge in [0, 0.05) is 31.3 Å². The number of nitrogens with zero attached hydrogens (tertiary/aromatic N) is 2. The number of amides is 1. The van der Waals surface area contributed by atoms with Gasteiger partial charge in [0.25, 0.3) is 0 Å². The van der Waals surface area contributed by atoms with Crippen molar-refractivity contribution in [1.82, 2.24) is 15.3 Å². The molecule has 6 heteroatoms. The first kappa shape index (κ1) is 18.9. The molecule has 0 fully saturated rings. The van der Waals surface area contributed by atoms with Crippen molar-refractivity contribution in [2.45, 2.75) is 39.7 Å². The van der Waals surface area contributed by atoms with Crippen molar-refractivity contribution in [3.8, 4) is 11.6 Å². The standard InChI is InChI=1S/C19H22ClN3O2/c1-4-5-18-17(20)10-16(12-21-18)25-19-9-8-15(11-22-19)7-6-13(2)23-14(3)24/h6-13H,4-5H2,1-3H3,(H,23,24)/b7-6+/t13-/m0/s1. The maximum absolute atomic E-state index is 11.0. The summed E-state index contributed by atoms with van der Waals surface area (Å²) >= 11 is 6.20. The molecule has 0 spiro atoms. The number of carbonyl (C=O) groups excluding carboxylic acids is 1. The van der Waals surface area contributed by atoms with Gasteiger partial charge in [-0.2, -0.15) is 0 Å². The van der Waals surface area contributed by atoms with E-state index in [1.54, 1.807) is 24.5 Å². The Bertz CT molecular complexity index is 745. The molecule has 0 bridgehead atoms. The molecule has 2 rings (SSSR count). The zero-order chi connectivity index (χ0) is 18.2. The minimum Gasteiger partial charge on any atom is -0.437 e. The molecule has 1 atom stereocenters. The second-order valence-corrected chi connectivity index (χ2v) is 6.14. The molecule has 1 N–H and O–H groups in total. The van der Waals surface area contributed by atoms with Crippen molar-refractivity contribution in [1.29, 1.82) is 0 Å². The molecular formula is C19H22ClN3O2. The Hall–Kier alpha value is -2.40. The van der Waals surface area contributed by atoms with E-state index in [-0.39, 0.29) is 11.9 Å². The predicted molar refractivity (Wildman–Crippen MR) is 99.9 cm³/mol. The number of carbonyl (C=O) groups is 1. The summed E-state index contributed by atoms with van der Waals surface area (Å²) < 4.78 is 5.69. The van der Waals surface area contributed by atoms with E-state index in [9.17, 15) is 4.79 Å². The summed E-state index contributed by atoms with van der Waals surface area (Å²) in [4.78, 5) is 19.6. The molecule has 2 heterocycles. The highest BCUT2D eigenvalue weighted by Crippen LogP contribution is 2.25. The lowest BCUT2D eigenvalue weighted by Gasteiger charge is -2.08. The van der Waals surface area contributed by atoms with Crippen LogP contribution < -0.4 is 10.1 Å². The highest BCUT2D eigenvalue weighted by Gasteiger charge is 2.05. The fourth-order valence-electron chi connectivity index (χ4n) is 2.22. The van der Waals surface area contributed by atoms with E-state index in [1.165, 1.54) is 6.92 Å². The maximum Gasteiger partial charge on any atom is 0.219 e. The molecular weight excluding hydrogens is 338 g/mol. The number of rotatable bonds is 7. The highest BCUT2D eigenvalue weighted by atomic mass is 35.5. The van der Waals surface area contributed by atoms with Crippen LogP contribution in [0.1, 0.15) is 38.4 Å². The third kappa shape index (κ3) is 6.19. The van der Waals surface area contributed by atoms with E-state index < -0.39 is 0 Å². The minimum absolute atomic E-state index is 0.0386. The third-order valence-corrected chi connectivity index (χ3v) is 3.70. The highest BCUT2D eigenvalue weighted by molar-refractivity contribution is 6.31. The normalized spacial score (nSPS) is 12.2. The summed E-state index contributed by atoms with van der Waals surface area (Å²) in [6, 6.07) is 5.38. The van der Waals surface area contributed by atoms with Gasteiger partial charge in [-0.05, 0) is 25.0 Å². The molecule has 0 saturated heterocycles. The van der Waals surface area contributed by atoms with Crippen LogP contribution in [0.25, 0.3) is 6.08 Å². The van der Waals surface area contributed by atoms with E-state index in [0.29, 0.717) is 16.7 Å². The van der Waals surface area contributed by atoms with Gasteiger partial charge in [0.2, 0.25) is 11.8 Å². The van der Waals surface area contributed by atoms with Crippen LogP contribution in [-0.2, 0) is 11.2 Å². The van der Waals surface area contributed by atoms with Crippen molar-refractivity contribution in [2.24, 2.45) is 0 Å². The molecule has 0 radical (unpaired) electrons. The van der Waals surface area contributed by atoms with E-state index >= 15 is 0 Å². The lowest BCUT2D eigenvalue weighted by atomic mass is 10.2. The predicted octanol–water partition coefficient (Wildman–Crippen LogP) is 4.41. The van der Waals surface area contributed by atoms with Gasteiger partial charge in [0.05, 0.1) is 16.9 Å². The first-order valence-electron chi connectivity index (χ1n) is 8.21. The number of nitrogens with one attached hydrogen (secondary N) is 1. The number of ether oxygens (including phenoxy) is 1. The Kier molecular flexibility index (Phi) is 6.95. The van der Waals surface area contributed by atoms with Crippen LogP contribution in [0.2, 0.25) is 5.02 Å². The Morgan fingerprint density at radius 3 is 2.76 bits per heavy atom. The molecule has 0 aromatic carbocycles. The second-order valence-electron chi connectivity index (χ2n) is 5.73. The quantitative estimate of drug-likeness (QED) is 0.795. The summed E-state index contributed by atoms with van der Waals surface area (Å²) in [7, 11) is 0. The average Bonchev–Trinajstić information content (AvgIpc) is 2.56. The van der Waals surface area contributed by atoms with E-state index in [1.807, 2.05) is 25.1 Å². The van der Waals surface area contributed by atoms with Gasteiger partial charge in [0.1, 0.15) is 5.75 Å². The summed E-state index contributed by atoms with van der Waals surface area (Å²) in [5.41, 5.74) is 1.79. The second kappa shape index (κ2) is 9.18. The van der Waals surface area contributed by atoms with Gasteiger partial charge in [-0.15, -0.1) is 0 Å². The molecule has 0 aliphatic rings. The van der Waals surface area contributed by atoms with Crippen molar-refractivity contribution >= 4 is 23.6 Å². The Balaban J connectivity index is 1.99. The molecule has 0 unspecified atom stereocenters. The van der Waals surface area contributed by atoms with Crippen LogP contribution in [-0.4, -0.2) is 21.9 Å². The molecule has 1 amide bonds. The zero-order valence-electron chi connectivity index (χ0n) is 14.6. The summed E-state index contributed by atoms with van der Waals surface area (Å²) in [5, 5.41) is 3.39. The summed E-state index contributed by atoms with van der Waals surface area (Å²) in [5.74, 6) is 0.962. The molecule has 25 heavy (non-hydrogen) atoms. The number of hydrogen-bond donors (Lipinski definition) is 1. The Labute approximate surface area is 153 Å². The SMILES string of the molecule is CCCc1ncc(Oc2ccc(/C=C/[C@H](C)NC(C)=O)cn2)cc1Cl. The summed E-state index contributed by atoms with van der Waals surface area (Å²) in [6.45, 7) is 5.48. The van der Waals surface area contributed by atoms with E-state index in [2.05, 4.69) is 22.2 Å². The number of aromatic nitrogens is 2. The van der Waals surface area contributed by atoms with E-state index in [4.69, 9.17) is 16.3 Å². The maximum atomic E-state index is 11.0. The Morgan fingerprint density at radius 2 is 2.16 bits per heavy atom. The van der Waals surface area contributed by atoms with Gasteiger partial charge in [-0.3, -0.25) is 9.78 Å². The number of halogens is 1. The lowest BCUT2D eigenvalue weighted by Crippen LogP contribution is -2.28. The van der Waals surface area contributed by atoms with Gasteiger partial charge in [-0.1, -0.05) is 37.1 Å². The third-order valence-electron chi connectivity index (χ3n) is 3.37. The van der Waals surface area contributed by atoms with Gasteiger partial charge >= 0.3 is 0 Å². The topological polar surface area (TPSA) is 64.1 Å². The van der Waals surface area contributed by atoms with Crippen molar-refractivity contribution in [3.05, 3.63) is 52.9 Å². The summed E-state index contributed by atoms with van der Waals surface area (Å²) in [6.07, 6.45) is 8.98. The van der Waals surface area contributed by atoms with Crippen LogP contribution in [0, 0.1) is 0 Å².